The maximum Gasteiger partial charge on any atom is 0.236 e. The first-order chi connectivity index (χ1) is 14.8. The third kappa shape index (κ3) is 6.00. The van der Waals surface area contributed by atoms with Crippen LogP contribution < -0.4 is 4.90 Å². The van der Waals surface area contributed by atoms with Crippen LogP contribution in [0.5, 0.6) is 0 Å². The predicted octanol–water partition coefficient (Wildman–Crippen LogP) is 6.75. The molecule has 1 aromatic heterocycles. The molecule has 0 bridgehead atoms. The molecular weight excluding hydrogens is 382 g/mol. The van der Waals surface area contributed by atoms with Gasteiger partial charge in [0.05, 0.1) is 23.0 Å². The van der Waals surface area contributed by atoms with Gasteiger partial charge in [0.15, 0.2) is 0 Å². The van der Waals surface area contributed by atoms with Crippen molar-refractivity contribution in [1.82, 2.24) is 9.97 Å². The van der Waals surface area contributed by atoms with Gasteiger partial charge in [0.2, 0.25) is 5.91 Å². The zero-order chi connectivity index (χ0) is 23.6. The molecule has 0 saturated carbocycles. The van der Waals surface area contributed by atoms with Crippen LogP contribution in [0.25, 0.3) is 11.3 Å². The van der Waals surface area contributed by atoms with E-state index in [2.05, 4.69) is 9.97 Å². The monoisotopic (exact) mass is 419 g/mol. The largest absolute Gasteiger partial charge is 0.311 e. The van der Waals surface area contributed by atoms with Crippen LogP contribution in [0.2, 0.25) is 0 Å². The first kappa shape index (κ1) is 26.0. The highest BCUT2D eigenvalue weighted by molar-refractivity contribution is 6.02. The molecule has 0 aliphatic rings. The van der Waals surface area contributed by atoms with Gasteiger partial charge in [-0.1, -0.05) is 82.3 Å². The first-order valence-corrected chi connectivity index (χ1v) is 11.1. The van der Waals surface area contributed by atoms with Crippen molar-refractivity contribution in [3.8, 4) is 11.3 Å². The molecule has 4 heteroatoms. The van der Waals surface area contributed by atoms with Gasteiger partial charge in [-0.2, -0.15) is 0 Å². The SMILES string of the molecule is CC.CC.Cc1ncc(N(C)C(=O)C(C)(C)c2ccccc2)c(-c2ccccc2C)n1. The maximum absolute atomic E-state index is 13.4. The average Bonchev–Trinajstić information content (AvgIpc) is 2.81. The molecule has 166 valence electrons. The van der Waals surface area contributed by atoms with E-state index < -0.39 is 5.41 Å². The number of benzene rings is 2. The van der Waals surface area contributed by atoms with Crippen molar-refractivity contribution >= 4 is 11.6 Å². The quantitative estimate of drug-likeness (QED) is 0.470. The van der Waals surface area contributed by atoms with Crippen LogP contribution in [-0.4, -0.2) is 22.9 Å². The van der Waals surface area contributed by atoms with Crippen LogP contribution in [0.1, 0.15) is 58.5 Å². The van der Waals surface area contributed by atoms with Crippen molar-refractivity contribution in [2.24, 2.45) is 0 Å². The van der Waals surface area contributed by atoms with Gasteiger partial charge in [0.25, 0.3) is 0 Å². The molecule has 4 nitrogen and oxygen atoms in total. The summed E-state index contributed by atoms with van der Waals surface area (Å²) < 4.78 is 0. The fourth-order valence-corrected chi connectivity index (χ4v) is 3.25. The fourth-order valence-electron chi connectivity index (χ4n) is 3.25. The second kappa shape index (κ2) is 12.0. The molecule has 3 aromatic rings. The van der Waals surface area contributed by atoms with Crippen molar-refractivity contribution in [1.29, 1.82) is 0 Å². The summed E-state index contributed by atoms with van der Waals surface area (Å²) in [6.07, 6.45) is 1.74. The van der Waals surface area contributed by atoms with Crippen molar-refractivity contribution in [3.05, 3.63) is 77.7 Å². The van der Waals surface area contributed by atoms with Gasteiger partial charge < -0.3 is 4.90 Å². The van der Waals surface area contributed by atoms with E-state index in [1.54, 1.807) is 18.1 Å². The van der Waals surface area contributed by atoms with Gasteiger partial charge in [0.1, 0.15) is 5.82 Å². The van der Waals surface area contributed by atoms with E-state index in [1.807, 2.05) is 110 Å². The number of amides is 1. The molecule has 0 aliphatic carbocycles. The normalized spacial score (nSPS) is 10.2. The Balaban J connectivity index is 0.00000113. The molecule has 1 amide bonds. The number of nitrogens with zero attached hydrogens (tertiary/aromatic N) is 3. The molecule has 3 rings (SSSR count). The maximum atomic E-state index is 13.4. The molecule has 0 aliphatic heterocycles. The van der Waals surface area contributed by atoms with Gasteiger partial charge >= 0.3 is 0 Å². The summed E-state index contributed by atoms with van der Waals surface area (Å²) in [6, 6.07) is 17.9. The minimum Gasteiger partial charge on any atom is -0.311 e. The number of hydrogen-bond acceptors (Lipinski definition) is 3. The Morgan fingerprint density at radius 2 is 1.42 bits per heavy atom. The molecule has 0 fully saturated rings. The molecule has 1 heterocycles. The Hall–Kier alpha value is -3.01. The van der Waals surface area contributed by atoms with Crippen LogP contribution in [0, 0.1) is 13.8 Å². The lowest BCUT2D eigenvalue weighted by Gasteiger charge is -2.30. The van der Waals surface area contributed by atoms with Crippen LogP contribution in [0.3, 0.4) is 0 Å². The van der Waals surface area contributed by atoms with Crippen molar-refractivity contribution in [2.75, 3.05) is 11.9 Å². The van der Waals surface area contributed by atoms with Gasteiger partial charge in [0, 0.05) is 12.6 Å². The fraction of sp³-hybridized carbons (Fsp3) is 0.370. The summed E-state index contributed by atoms with van der Waals surface area (Å²) in [7, 11) is 1.79. The summed E-state index contributed by atoms with van der Waals surface area (Å²) in [5, 5.41) is 0. The third-order valence-corrected chi connectivity index (χ3v) is 4.99. The van der Waals surface area contributed by atoms with Crippen molar-refractivity contribution < 1.29 is 4.79 Å². The summed E-state index contributed by atoms with van der Waals surface area (Å²) >= 11 is 0. The highest BCUT2D eigenvalue weighted by Crippen LogP contribution is 2.33. The van der Waals surface area contributed by atoms with Crippen molar-refractivity contribution in [2.45, 2.75) is 60.8 Å². The molecule has 0 spiro atoms. The van der Waals surface area contributed by atoms with E-state index in [0.29, 0.717) is 11.5 Å². The lowest BCUT2D eigenvalue weighted by atomic mass is 9.83. The van der Waals surface area contributed by atoms with Gasteiger partial charge in [-0.25, -0.2) is 9.97 Å². The first-order valence-electron chi connectivity index (χ1n) is 11.1. The Morgan fingerprint density at radius 1 is 0.871 bits per heavy atom. The van der Waals surface area contributed by atoms with E-state index >= 15 is 0 Å². The molecule has 0 radical (unpaired) electrons. The van der Waals surface area contributed by atoms with Crippen LogP contribution >= 0.6 is 0 Å². The second-order valence-electron chi connectivity index (χ2n) is 7.32. The highest BCUT2D eigenvalue weighted by atomic mass is 16.2. The summed E-state index contributed by atoms with van der Waals surface area (Å²) in [5.41, 5.74) is 3.93. The molecule has 0 atom stereocenters. The Bertz CT molecular complexity index is 965. The standard InChI is InChI=1S/C23H25N3O.2C2H6/c1-16-11-9-10-14-19(16)21-20(15-24-17(2)25-21)26(5)22(27)23(3,4)18-12-7-6-8-13-18;2*1-2/h6-15H,1-5H3;2*1-2H3. The number of aryl methyl sites for hydroxylation is 2. The number of hydrogen-bond donors (Lipinski definition) is 0. The number of anilines is 1. The molecule has 2 aromatic carbocycles. The smallest absolute Gasteiger partial charge is 0.236 e. The van der Waals surface area contributed by atoms with E-state index in [0.717, 1.165) is 22.4 Å². The van der Waals surface area contributed by atoms with Crippen LogP contribution in [0.15, 0.2) is 60.8 Å². The molecule has 0 saturated heterocycles. The van der Waals surface area contributed by atoms with E-state index in [-0.39, 0.29) is 5.91 Å². The Morgan fingerprint density at radius 3 is 2.00 bits per heavy atom. The highest BCUT2D eigenvalue weighted by Gasteiger charge is 2.34. The second-order valence-corrected chi connectivity index (χ2v) is 7.32. The molecule has 0 N–H and O–H groups in total. The van der Waals surface area contributed by atoms with E-state index in [9.17, 15) is 4.79 Å². The number of carbonyl (C=O) groups is 1. The van der Waals surface area contributed by atoms with Gasteiger partial charge in [-0.15, -0.1) is 0 Å². The lowest BCUT2D eigenvalue weighted by molar-refractivity contribution is -0.122. The van der Waals surface area contributed by atoms with Crippen LogP contribution in [0.4, 0.5) is 5.69 Å². The van der Waals surface area contributed by atoms with Crippen molar-refractivity contribution in [3.63, 3.8) is 0 Å². The minimum atomic E-state index is -0.663. The number of carbonyl (C=O) groups excluding carboxylic acids is 1. The summed E-state index contributed by atoms with van der Waals surface area (Å²) in [6.45, 7) is 15.8. The Kier molecular flexibility index (Phi) is 10.1. The van der Waals surface area contributed by atoms with E-state index in [1.165, 1.54) is 0 Å². The molecular formula is C27H37N3O. The van der Waals surface area contributed by atoms with Crippen LogP contribution in [-0.2, 0) is 10.2 Å². The molecule has 0 unspecified atom stereocenters. The summed E-state index contributed by atoms with van der Waals surface area (Å²) in [5.74, 6) is 0.677. The number of aromatic nitrogens is 2. The average molecular weight is 420 g/mol. The third-order valence-electron chi connectivity index (χ3n) is 4.99. The zero-order valence-corrected chi connectivity index (χ0v) is 20.5. The topological polar surface area (TPSA) is 46.1 Å². The zero-order valence-electron chi connectivity index (χ0n) is 20.5. The Labute approximate surface area is 188 Å². The summed E-state index contributed by atoms with van der Waals surface area (Å²) in [4.78, 5) is 24.1. The number of rotatable bonds is 4. The predicted molar refractivity (Wildman–Crippen MR) is 133 cm³/mol. The molecule has 31 heavy (non-hydrogen) atoms. The minimum absolute atomic E-state index is 0.00372. The van der Waals surface area contributed by atoms with Gasteiger partial charge in [-0.3, -0.25) is 4.79 Å². The lowest BCUT2D eigenvalue weighted by Crippen LogP contribution is -2.41. The van der Waals surface area contributed by atoms with Gasteiger partial charge in [-0.05, 0) is 38.8 Å². The van der Waals surface area contributed by atoms with E-state index in [4.69, 9.17) is 0 Å². The number of likely N-dealkylation sites (N-methyl/N-ethyl adjacent to an activating group) is 1.